The molecule has 2 aliphatic heterocycles. The molecule has 23 heavy (non-hydrogen) atoms. The molecular formula is C16H24N6O. The Kier molecular flexibility index (Phi) is 3.90. The summed E-state index contributed by atoms with van der Waals surface area (Å²) in [6.45, 7) is 9.21. The summed E-state index contributed by atoms with van der Waals surface area (Å²) in [4.78, 5) is 4.98. The average molecular weight is 316 g/mol. The highest BCUT2D eigenvalue weighted by Crippen LogP contribution is 2.23. The highest BCUT2D eigenvalue weighted by Gasteiger charge is 2.28. The van der Waals surface area contributed by atoms with Crippen LogP contribution in [0.25, 0.3) is 5.65 Å². The molecule has 7 nitrogen and oxygen atoms in total. The van der Waals surface area contributed by atoms with Gasteiger partial charge in [-0.2, -0.15) is 4.52 Å². The molecule has 2 fully saturated rings. The normalized spacial score (nSPS) is 24.4. The number of aryl methyl sites for hydroxylation is 1. The molecule has 0 radical (unpaired) electrons. The number of hydrogen-bond acceptors (Lipinski definition) is 6. The molecule has 0 aliphatic carbocycles. The van der Waals surface area contributed by atoms with Crippen molar-refractivity contribution in [1.82, 2.24) is 24.7 Å². The highest BCUT2D eigenvalue weighted by molar-refractivity contribution is 5.46. The van der Waals surface area contributed by atoms with Crippen LogP contribution in [0.2, 0.25) is 0 Å². The fourth-order valence-corrected chi connectivity index (χ4v) is 3.69. The van der Waals surface area contributed by atoms with Crippen molar-refractivity contribution in [2.24, 2.45) is 0 Å². The van der Waals surface area contributed by atoms with Crippen molar-refractivity contribution >= 4 is 11.5 Å². The van der Waals surface area contributed by atoms with Crippen molar-refractivity contribution in [3.63, 3.8) is 0 Å². The van der Waals surface area contributed by atoms with Gasteiger partial charge < -0.3 is 9.64 Å². The van der Waals surface area contributed by atoms with Gasteiger partial charge in [0.2, 0.25) is 0 Å². The van der Waals surface area contributed by atoms with E-state index in [1.54, 1.807) is 0 Å². The predicted molar refractivity (Wildman–Crippen MR) is 87.7 cm³/mol. The van der Waals surface area contributed by atoms with Gasteiger partial charge in [0.15, 0.2) is 11.5 Å². The van der Waals surface area contributed by atoms with Crippen LogP contribution in [0, 0.1) is 6.92 Å². The van der Waals surface area contributed by atoms with E-state index in [-0.39, 0.29) is 0 Å². The SMILES string of the molecule is Cc1nnc2ccc(N3CCC(N4CCOC(C)C4)CC3)nn12. The maximum absolute atomic E-state index is 5.66. The number of rotatable bonds is 2. The van der Waals surface area contributed by atoms with Gasteiger partial charge in [-0.05, 0) is 38.8 Å². The van der Waals surface area contributed by atoms with E-state index in [9.17, 15) is 0 Å². The lowest BCUT2D eigenvalue weighted by molar-refractivity contribution is -0.0373. The van der Waals surface area contributed by atoms with E-state index in [2.05, 4.69) is 33.0 Å². The standard InChI is InChI=1S/C16H24N6O/c1-12-11-21(9-10-23-12)14-5-7-20(8-6-14)16-4-3-15-18-17-13(2)22(15)19-16/h3-4,12,14H,5-11H2,1-2H3. The largest absolute Gasteiger partial charge is 0.376 e. The number of piperidine rings is 1. The molecule has 1 atom stereocenters. The number of hydrogen-bond donors (Lipinski definition) is 0. The zero-order valence-electron chi connectivity index (χ0n) is 13.9. The van der Waals surface area contributed by atoms with Crippen LogP contribution in [-0.4, -0.2) is 69.6 Å². The third-order valence-corrected chi connectivity index (χ3v) is 4.98. The van der Waals surface area contributed by atoms with E-state index >= 15 is 0 Å². The molecule has 7 heteroatoms. The van der Waals surface area contributed by atoms with E-state index in [4.69, 9.17) is 9.84 Å². The molecule has 1 unspecified atom stereocenters. The second-order valence-corrected chi connectivity index (χ2v) is 6.60. The Morgan fingerprint density at radius 2 is 1.96 bits per heavy atom. The van der Waals surface area contributed by atoms with Crippen molar-refractivity contribution in [3.05, 3.63) is 18.0 Å². The molecule has 4 heterocycles. The first-order valence-electron chi connectivity index (χ1n) is 8.50. The van der Waals surface area contributed by atoms with Crippen molar-refractivity contribution in [1.29, 1.82) is 0 Å². The van der Waals surface area contributed by atoms with Crippen LogP contribution in [0.4, 0.5) is 5.82 Å². The minimum absolute atomic E-state index is 0.363. The van der Waals surface area contributed by atoms with E-state index in [0.29, 0.717) is 12.1 Å². The van der Waals surface area contributed by atoms with Crippen molar-refractivity contribution in [2.45, 2.75) is 38.8 Å². The van der Waals surface area contributed by atoms with Gasteiger partial charge in [0.05, 0.1) is 12.7 Å². The van der Waals surface area contributed by atoms with Gasteiger partial charge in [-0.1, -0.05) is 0 Å². The van der Waals surface area contributed by atoms with Gasteiger partial charge in [0.25, 0.3) is 0 Å². The Bertz CT molecular complexity index is 678. The molecule has 2 aromatic heterocycles. The summed E-state index contributed by atoms with van der Waals surface area (Å²) in [6.07, 6.45) is 2.74. The molecule has 0 N–H and O–H groups in total. The fraction of sp³-hybridized carbons (Fsp3) is 0.688. The lowest BCUT2D eigenvalue weighted by Crippen LogP contribution is -2.51. The molecule has 0 saturated carbocycles. The van der Waals surface area contributed by atoms with Gasteiger partial charge in [0, 0.05) is 32.2 Å². The fourth-order valence-electron chi connectivity index (χ4n) is 3.69. The first-order valence-corrected chi connectivity index (χ1v) is 8.50. The van der Waals surface area contributed by atoms with Gasteiger partial charge >= 0.3 is 0 Å². The molecule has 2 aliphatic rings. The number of aromatic nitrogens is 4. The third-order valence-electron chi connectivity index (χ3n) is 4.98. The summed E-state index contributed by atoms with van der Waals surface area (Å²) in [5.41, 5.74) is 0.809. The minimum Gasteiger partial charge on any atom is -0.376 e. The molecule has 0 spiro atoms. The number of anilines is 1. The maximum atomic E-state index is 5.66. The summed E-state index contributed by atoms with van der Waals surface area (Å²) in [5, 5.41) is 12.9. The summed E-state index contributed by atoms with van der Waals surface area (Å²) >= 11 is 0. The number of nitrogens with zero attached hydrogens (tertiary/aromatic N) is 6. The molecule has 0 aromatic carbocycles. The molecule has 124 valence electrons. The average Bonchev–Trinajstić information content (AvgIpc) is 2.96. The quantitative estimate of drug-likeness (QED) is 0.827. The topological polar surface area (TPSA) is 58.8 Å². The molecule has 0 amide bonds. The zero-order valence-corrected chi connectivity index (χ0v) is 13.9. The van der Waals surface area contributed by atoms with Crippen LogP contribution in [0.5, 0.6) is 0 Å². The second-order valence-electron chi connectivity index (χ2n) is 6.60. The summed E-state index contributed by atoms with van der Waals surface area (Å²) in [7, 11) is 0. The van der Waals surface area contributed by atoms with Crippen molar-refractivity contribution in [2.75, 3.05) is 37.7 Å². The highest BCUT2D eigenvalue weighted by atomic mass is 16.5. The van der Waals surface area contributed by atoms with Crippen LogP contribution < -0.4 is 4.90 Å². The molecule has 2 aromatic rings. The minimum atomic E-state index is 0.363. The van der Waals surface area contributed by atoms with E-state index in [1.165, 1.54) is 12.8 Å². The van der Waals surface area contributed by atoms with E-state index in [1.807, 2.05) is 17.5 Å². The Hall–Kier alpha value is -1.73. The van der Waals surface area contributed by atoms with Gasteiger partial charge in [-0.25, -0.2) is 0 Å². The van der Waals surface area contributed by atoms with Crippen LogP contribution >= 0.6 is 0 Å². The Balaban J connectivity index is 1.43. The zero-order chi connectivity index (χ0) is 15.8. The molecule has 2 saturated heterocycles. The van der Waals surface area contributed by atoms with E-state index in [0.717, 1.165) is 50.1 Å². The van der Waals surface area contributed by atoms with Gasteiger partial charge in [0.1, 0.15) is 5.82 Å². The van der Waals surface area contributed by atoms with Crippen molar-refractivity contribution < 1.29 is 4.74 Å². The smallest absolute Gasteiger partial charge is 0.178 e. The Labute approximate surface area is 136 Å². The van der Waals surface area contributed by atoms with Crippen LogP contribution in [-0.2, 0) is 4.74 Å². The summed E-state index contributed by atoms with van der Waals surface area (Å²) in [5.74, 6) is 1.85. The van der Waals surface area contributed by atoms with Gasteiger partial charge in [-0.3, -0.25) is 4.90 Å². The second kappa shape index (κ2) is 6.05. The van der Waals surface area contributed by atoms with Gasteiger partial charge in [-0.15, -0.1) is 15.3 Å². The number of fused-ring (bicyclic) bond motifs is 1. The van der Waals surface area contributed by atoms with Crippen LogP contribution in [0.15, 0.2) is 12.1 Å². The maximum Gasteiger partial charge on any atom is 0.178 e. The predicted octanol–water partition coefficient (Wildman–Crippen LogP) is 1.12. The van der Waals surface area contributed by atoms with Crippen molar-refractivity contribution in [3.8, 4) is 0 Å². The number of morpholine rings is 1. The lowest BCUT2D eigenvalue weighted by Gasteiger charge is -2.41. The molecule has 4 rings (SSSR count). The summed E-state index contributed by atoms with van der Waals surface area (Å²) in [6, 6.07) is 4.73. The van der Waals surface area contributed by atoms with Crippen LogP contribution in [0.3, 0.4) is 0 Å². The lowest BCUT2D eigenvalue weighted by atomic mass is 10.0. The molecule has 0 bridgehead atoms. The number of ether oxygens (including phenoxy) is 1. The summed E-state index contributed by atoms with van der Waals surface area (Å²) < 4.78 is 7.48. The third kappa shape index (κ3) is 2.90. The Morgan fingerprint density at radius 1 is 1.13 bits per heavy atom. The Morgan fingerprint density at radius 3 is 2.74 bits per heavy atom. The molecular weight excluding hydrogens is 292 g/mol. The monoisotopic (exact) mass is 316 g/mol. The van der Waals surface area contributed by atoms with Crippen LogP contribution in [0.1, 0.15) is 25.6 Å². The van der Waals surface area contributed by atoms with E-state index < -0.39 is 0 Å². The first-order chi connectivity index (χ1) is 11.2. The first kappa shape index (κ1) is 14.8.